The van der Waals surface area contributed by atoms with Crippen molar-refractivity contribution in [1.29, 1.82) is 0 Å². The van der Waals surface area contributed by atoms with E-state index >= 15 is 0 Å². The molecule has 29 heavy (non-hydrogen) atoms. The molecule has 6 heteroatoms. The lowest BCUT2D eigenvalue weighted by molar-refractivity contribution is 0.0627. The number of carbonyl (C=O) groups excluding carboxylic acids is 1. The molecule has 0 radical (unpaired) electrons. The van der Waals surface area contributed by atoms with Gasteiger partial charge in [-0.15, -0.1) is 24.8 Å². The molecule has 0 aromatic heterocycles. The number of halogens is 2. The summed E-state index contributed by atoms with van der Waals surface area (Å²) < 4.78 is 0. The molecular weight excluding hydrogens is 405 g/mol. The van der Waals surface area contributed by atoms with Gasteiger partial charge in [0.2, 0.25) is 0 Å². The molecule has 2 saturated heterocycles. The van der Waals surface area contributed by atoms with Gasteiger partial charge < -0.3 is 10.2 Å². The van der Waals surface area contributed by atoms with Crippen LogP contribution < -0.4 is 5.32 Å². The van der Waals surface area contributed by atoms with Crippen LogP contribution in [0.15, 0.2) is 48.5 Å². The monoisotopic (exact) mass is 435 g/mol. The maximum Gasteiger partial charge on any atom is 0.254 e. The van der Waals surface area contributed by atoms with Gasteiger partial charge in [0.25, 0.3) is 5.91 Å². The second kappa shape index (κ2) is 11.0. The molecule has 0 aliphatic carbocycles. The summed E-state index contributed by atoms with van der Waals surface area (Å²) in [5.41, 5.74) is 4.78. The molecule has 2 aromatic carbocycles. The molecule has 1 atom stereocenters. The smallest absolute Gasteiger partial charge is 0.254 e. The molecule has 0 spiro atoms. The first-order chi connectivity index (χ1) is 13.2. The van der Waals surface area contributed by atoms with Crippen LogP contribution in [0.2, 0.25) is 0 Å². The van der Waals surface area contributed by atoms with Crippen molar-refractivity contribution in [3.8, 4) is 0 Å². The molecule has 1 N–H and O–H groups in total. The van der Waals surface area contributed by atoms with Crippen molar-refractivity contribution in [2.75, 3.05) is 39.3 Å². The van der Waals surface area contributed by atoms with Crippen molar-refractivity contribution < 1.29 is 4.79 Å². The van der Waals surface area contributed by atoms with E-state index < -0.39 is 0 Å². The zero-order valence-corrected chi connectivity index (χ0v) is 18.6. The minimum atomic E-state index is 0. The summed E-state index contributed by atoms with van der Waals surface area (Å²) >= 11 is 0. The van der Waals surface area contributed by atoms with Gasteiger partial charge in [-0.25, -0.2) is 0 Å². The fraction of sp³-hybridized carbons (Fsp3) is 0.435. The minimum Gasteiger partial charge on any atom is -0.336 e. The number of hydrogen-bond donors (Lipinski definition) is 1. The van der Waals surface area contributed by atoms with Gasteiger partial charge in [0.15, 0.2) is 0 Å². The molecule has 4 nitrogen and oxygen atoms in total. The Balaban J connectivity index is 0.00000150. The predicted octanol–water partition coefficient (Wildman–Crippen LogP) is 3.87. The largest absolute Gasteiger partial charge is 0.336 e. The van der Waals surface area contributed by atoms with Crippen molar-refractivity contribution in [3.63, 3.8) is 0 Å². The summed E-state index contributed by atoms with van der Waals surface area (Å²) in [6, 6.07) is 16.9. The third kappa shape index (κ3) is 5.73. The van der Waals surface area contributed by atoms with E-state index in [-0.39, 0.29) is 30.7 Å². The lowest BCUT2D eigenvalue weighted by Crippen LogP contribution is -2.48. The summed E-state index contributed by atoms with van der Waals surface area (Å²) in [6.45, 7) is 8.62. The molecule has 2 aliphatic heterocycles. The van der Waals surface area contributed by atoms with Crippen molar-refractivity contribution in [2.24, 2.45) is 0 Å². The van der Waals surface area contributed by atoms with Crippen molar-refractivity contribution >= 4 is 30.7 Å². The maximum atomic E-state index is 13.2. The average molecular weight is 436 g/mol. The number of rotatable bonds is 4. The number of aryl methyl sites for hydroxylation is 1. The van der Waals surface area contributed by atoms with E-state index in [9.17, 15) is 4.79 Å². The molecule has 2 aromatic rings. The number of piperazine rings is 1. The molecule has 2 aliphatic rings. The first-order valence-electron chi connectivity index (χ1n) is 10.1. The number of benzene rings is 2. The van der Waals surface area contributed by atoms with Gasteiger partial charge in [0.05, 0.1) is 0 Å². The van der Waals surface area contributed by atoms with E-state index in [1.54, 1.807) is 0 Å². The summed E-state index contributed by atoms with van der Waals surface area (Å²) in [5.74, 6) is 0.667. The fourth-order valence-corrected chi connectivity index (χ4v) is 4.32. The Morgan fingerprint density at radius 3 is 2.48 bits per heavy atom. The van der Waals surface area contributed by atoms with Crippen molar-refractivity contribution in [3.05, 3.63) is 70.8 Å². The van der Waals surface area contributed by atoms with Gasteiger partial charge in [-0.1, -0.05) is 48.0 Å². The van der Waals surface area contributed by atoms with Crippen LogP contribution in [0.4, 0.5) is 0 Å². The van der Waals surface area contributed by atoms with E-state index in [4.69, 9.17) is 0 Å². The normalized spacial score (nSPS) is 19.3. The highest BCUT2D eigenvalue weighted by atomic mass is 35.5. The zero-order chi connectivity index (χ0) is 18.6. The van der Waals surface area contributed by atoms with E-state index in [2.05, 4.69) is 53.5 Å². The second-order valence-electron chi connectivity index (χ2n) is 7.83. The van der Waals surface area contributed by atoms with Gasteiger partial charge in [0.1, 0.15) is 0 Å². The molecule has 0 saturated carbocycles. The van der Waals surface area contributed by atoms with Crippen LogP contribution in [0.3, 0.4) is 0 Å². The lowest BCUT2D eigenvalue weighted by Gasteiger charge is -2.35. The second-order valence-corrected chi connectivity index (χ2v) is 7.83. The molecule has 1 unspecified atom stereocenters. The Morgan fingerprint density at radius 2 is 1.79 bits per heavy atom. The highest BCUT2D eigenvalue weighted by molar-refractivity contribution is 5.96. The highest BCUT2D eigenvalue weighted by Gasteiger charge is 2.27. The first-order valence-corrected chi connectivity index (χ1v) is 10.1. The molecule has 2 heterocycles. The molecule has 0 bridgehead atoms. The number of carbonyl (C=O) groups is 1. The number of nitrogens with zero attached hydrogens (tertiary/aromatic N) is 2. The van der Waals surface area contributed by atoms with Crippen LogP contribution >= 0.6 is 24.8 Å². The Kier molecular flexibility index (Phi) is 8.97. The van der Waals surface area contributed by atoms with Crippen LogP contribution in [0.5, 0.6) is 0 Å². The van der Waals surface area contributed by atoms with Gasteiger partial charge >= 0.3 is 0 Å². The molecule has 158 valence electrons. The van der Waals surface area contributed by atoms with Gasteiger partial charge in [-0.2, -0.15) is 0 Å². The van der Waals surface area contributed by atoms with Gasteiger partial charge in [-0.05, 0) is 43.0 Å². The molecule has 1 amide bonds. The third-order valence-electron chi connectivity index (χ3n) is 5.84. The van der Waals surface area contributed by atoms with E-state index in [1.165, 1.54) is 16.7 Å². The predicted molar refractivity (Wildman–Crippen MR) is 124 cm³/mol. The van der Waals surface area contributed by atoms with Crippen LogP contribution in [-0.4, -0.2) is 55.0 Å². The third-order valence-corrected chi connectivity index (χ3v) is 5.84. The Labute approximate surface area is 186 Å². The maximum absolute atomic E-state index is 13.2. The van der Waals surface area contributed by atoms with Crippen LogP contribution in [0, 0.1) is 6.92 Å². The SMILES string of the molecule is Cc1cccc(CN2CCN(C(=O)c3ccccc3C3CCNC3)CC2)c1.Cl.Cl. The van der Waals surface area contributed by atoms with Crippen LogP contribution in [0.1, 0.15) is 39.4 Å². The number of hydrogen-bond acceptors (Lipinski definition) is 3. The quantitative estimate of drug-likeness (QED) is 0.791. The fourth-order valence-electron chi connectivity index (χ4n) is 4.32. The summed E-state index contributed by atoms with van der Waals surface area (Å²) in [6.07, 6.45) is 1.12. The minimum absolute atomic E-state index is 0. The highest BCUT2D eigenvalue weighted by Crippen LogP contribution is 2.26. The van der Waals surface area contributed by atoms with Crippen LogP contribution in [-0.2, 0) is 6.54 Å². The van der Waals surface area contributed by atoms with E-state index in [1.807, 2.05) is 17.0 Å². The Morgan fingerprint density at radius 1 is 1.03 bits per heavy atom. The van der Waals surface area contributed by atoms with E-state index in [0.717, 1.165) is 57.8 Å². The lowest BCUT2D eigenvalue weighted by atomic mass is 9.93. The Bertz CT molecular complexity index is 800. The van der Waals surface area contributed by atoms with Gasteiger partial charge in [-0.3, -0.25) is 9.69 Å². The standard InChI is InChI=1S/C23H29N3O.2ClH/c1-18-5-4-6-19(15-18)17-25-11-13-26(14-12-25)23(27)22-8-3-2-7-21(22)20-9-10-24-16-20;;/h2-8,15,20,24H,9-14,16-17H2,1H3;2*1H. The summed E-state index contributed by atoms with van der Waals surface area (Å²) in [4.78, 5) is 17.7. The summed E-state index contributed by atoms with van der Waals surface area (Å²) in [7, 11) is 0. The van der Waals surface area contributed by atoms with Crippen LogP contribution in [0.25, 0.3) is 0 Å². The Hall–Kier alpha value is -1.59. The van der Waals surface area contributed by atoms with E-state index in [0.29, 0.717) is 5.92 Å². The molecule has 2 fully saturated rings. The summed E-state index contributed by atoms with van der Waals surface area (Å²) in [5, 5.41) is 3.42. The van der Waals surface area contributed by atoms with Gasteiger partial charge in [0, 0.05) is 44.8 Å². The first kappa shape index (κ1) is 23.7. The molecular formula is C23H31Cl2N3O. The topological polar surface area (TPSA) is 35.6 Å². The average Bonchev–Trinajstić information content (AvgIpc) is 3.23. The van der Waals surface area contributed by atoms with Crippen molar-refractivity contribution in [2.45, 2.75) is 25.8 Å². The van der Waals surface area contributed by atoms with Crippen molar-refractivity contribution in [1.82, 2.24) is 15.1 Å². The zero-order valence-electron chi connectivity index (χ0n) is 17.0. The molecule has 4 rings (SSSR count). The number of nitrogens with one attached hydrogen (secondary N) is 1. The number of amides is 1.